The average molecular weight is 258 g/mol. The molecule has 0 radical (unpaired) electrons. The van der Waals surface area contributed by atoms with Crippen molar-refractivity contribution >= 4 is 5.78 Å². The van der Waals surface area contributed by atoms with Crippen molar-refractivity contribution in [1.29, 1.82) is 0 Å². The monoisotopic (exact) mass is 258 g/mol. The Morgan fingerprint density at radius 2 is 1.89 bits per heavy atom. The van der Waals surface area contributed by atoms with E-state index < -0.39 is 0 Å². The number of hydrogen-bond acceptors (Lipinski definition) is 1. The zero-order chi connectivity index (χ0) is 13.7. The van der Waals surface area contributed by atoms with Crippen LogP contribution in [-0.2, 0) is 6.42 Å². The van der Waals surface area contributed by atoms with Gasteiger partial charge in [-0.15, -0.1) is 0 Å². The van der Waals surface area contributed by atoms with Crippen molar-refractivity contribution in [3.05, 3.63) is 34.9 Å². The highest BCUT2D eigenvalue weighted by atomic mass is 16.1. The molecule has 0 atom stereocenters. The Bertz CT molecular complexity index is 427. The lowest BCUT2D eigenvalue weighted by atomic mass is 9.78. The summed E-state index contributed by atoms with van der Waals surface area (Å²) >= 11 is 0. The van der Waals surface area contributed by atoms with Gasteiger partial charge in [-0.25, -0.2) is 0 Å². The Morgan fingerprint density at radius 1 is 1.16 bits per heavy atom. The molecule has 104 valence electrons. The minimum atomic E-state index is 0.346. The maximum absolute atomic E-state index is 12.4. The Kier molecular flexibility index (Phi) is 5.18. The van der Waals surface area contributed by atoms with Crippen LogP contribution in [0.25, 0.3) is 0 Å². The van der Waals surface area contributed by atoms with Crippen LogP contribution in [0.3, 0.4) is 0 Å². The fraction of sp³-hybridized carbons (Fsp3) is 0.611. The zero-order valence-corrected chi connectivity index (χ0v) is 12.4. The van der Waals surface area contributed by atoms with Gasteiger partial charge in [-0.3, -0.25) is 4.79 Å². The van der Waals surface area contributed by atoms with E-state index in [2.05, 4.69) is 32.0 Å². The van der Waals surface area contributed by atoms with E-state index >= 15 is 0 Å². The van der Waals surface area contributed by atoms with Crippen LogP contribution in [0.2, 0.25) is 0 Å². The van der Waals surface area contributed by atoms with E-state index in [1.165, 1.54) is 43.2 Å². The normalized spacial score (nSPS) is 16.5. The Morgan fingerprint density at radius 3 is 2.53 bits per heavy atom. The van der Waals surface area contributed by atoms with Crippen molar-refractivity contribution in [1.82, 2.24) is 0 Å². The van der Waals surface area contributed by atoms with E-state index in [-0.39, 0.29) is 0 Å². The van der Waals surface area contributed by atoms with Gasteiger partial charge in [0.15, 0.2) is 5.78 Å². The second-order valence-electron chi connectivity index (χ2n) is 5.74. The summed E-state index contributed by atoms with van der Waals surface area (Å²) in [5.41, 5.74) is 3.81. The first-order valence-corrected chi connectivity index (χ1v) is 7.92. The molecule has 0 saturated heterocycles. The molecule has 2 rings (SSSR count). The lowest BCUT2D eigenvalue weighted by Gasteiger charge is -2.26. The van der Waals surface area contributed by atoms with Gasteiger partial charge in [0.1, 0.15) is 0 Å². The molecule has 1 saturated carbocycles. The van der Waals surface area contributed by atoms with Crippen LogP contribution < -0.4 is 0 Å². The van der Waals surface area contributed by atoms with Crippen LogP contribution in [0.1, 0.15) is 86.2 Å². The van der Waals surface area contributed by atoms with E-state index in [1.54, 1.807) is 0 Å². The first-order chi connectivity index (χ1) is 9.27. The second kappa shape index (κ2) is 6.88. The topological polar surface area (TPSA) is 17.1 Å². The lowest BCUT2D eigenvalue weighted by molar-refractivity contribution is 0.0980. The lowest BCUT2D eigenvalue weighted by Crippen LogP contribution is -2.13. The smallest absolute Gasteiger partial charge is 0.163 e. The highest BCUT2D eigenvalue weighted by Crippen LogP contribution is 2.37. The second-order valence-corrected chi connectivity index (χ2v) is 5.74. The third-order valence-electron chi connectivity index (χ3n) is 4.37. The van der Waals surface area contributed by atoms with Gasteiger partial charge in [-0.1, -0.05) is 51.3 Å². The summed E-state index contributed by atoms with van der Waals surface area (Å²) in [4.78, 5) is 12.4. The van der Waals surface area contributed by atoms with E-state index in [1.807, 2.05) is 0 Å². The maximum atomic E-state index is 12.4. The largest absolute Gasteiger partial charge is 0.294 e. The zero-order valence-electron chi connectivity index (χ0n) is 12.4. The van der Waals surface area contributed by atoms with Crippen molar-refractivity contribution in [2.24, 2.45) is 0 Å². The molecule has 0 spiro atoms. The van der Waals surface area contributed by atoms with E-state index in [4.69, 9.17) is 0 Å². The van der Waals surface area contributed by atoms with Crippen molar-refractivity contribution in [3.8, 4) is 0 Å². The van der Waals surface area contributed by atoms with Gasteiger partial charge >= 0.3 is 0 Å². The molecule has 0 unspecified atom stereocenters. The molecule has 0 bridgehead atoms. The molecule has 1 heteroatoms. The van der Waals surface area contributed by atoms with Crippen LogP contribution in [0.4, 0.5) is 0 Å². The number of aryl methyl sites for hydroxylation is 1. The third kappa shape index (κ3) is 3.26. The third-order valence-corrected chi connectivity index (χ3v) is 4.37. The Hall–Kier alpha value is -1.11. The van der Waals surface area contributed by atoms with Gasteiger partial charge in [-0.2, -0.15) is 0 Å². The molecule has 1 aliphatic carbocycles. The molecule has 19 heavy (non-hydrogen) atoms. The van der Waals surface area contributed by atoms with Crippen molar-refractivity contribution in [2.45, 2.75) is 71.1 Å². The SMILES string of the molecule is CCCC(=O)c1cccc(CC)c1C1CCCCC1. The predicted molar refractivity (Wildman–Crippen MR) is 80.9 cm³/mol. The summed E-state index contributed by atoms with van der Waals surface area (Å²) < 4.78 is 0. The Balaban J connectivity index is 2.38. The summed E-state index contributed by atoms with van der Waals surface area (Å²) in [6.07, 6.45) is 9.22. The maximum Gasteiger partial charge on any atom is 0.163 e. The molecule has 0 aliphatic heterocycles. The summed E-state index contributed by atoms with van der Waals surface area (Å²) in [5.74, 6) is 0.971. The van der Waals surface area contributed by atoms with Crippen molar-refractivity contribution in [3.63, 3.8) is 0 Å². The summed E-state index contributed by atoms with van der Waals surface area (Å²) in [5, 5.41) is 0. The Labute approximate surface area is 117 Å². The summed E-state index contributed by atoms with van der Waals surface area (Å²) in [6.45, 7) is 4.29. The average Bonchev–Trinajstić information content (AvgIpc) is 2.47. The molecule has 1 fully saturated rings. The summed E-state index contributed by atoms with van der Waals surface area (Å²) in [6, 6.07) is 6.34. The van der Waals surface area contributed by atoms with Crippen LogP contribution >= 0.6 is 0 Å². The standard InChI is InChI=1S/C18H26O/c1-3-9-17(19)16-13-8-12-14(4-2)18(16)15-10-6-5-7-11-15/h8,12-13,15H,3-7,9-11H2,1-2H3. The molecular weight excluding hydrogens is 232 g/mol. The first kappa shape index (κ1) is 14.3. The van der Waals surface area contributed by atoms with E-state index in [0.717, 1.165) is 18.4 Å². The number of benzene rings is 1. The van der Waals surface area contributed by atoms with Crippen LogP contribution in [0.5, 0.6) is 0 Å². The van der Waals surface area contributed by atoms with Gasteiger partial charge in [0, 0.05) is 12.0 Å². The predicted octanol–water partition coefficient (Wildman–Crippen LogP) is 5.28. The molecule has 0 heterocycles. The van der Waals surface area contributed by atoms with Gasteiger partial charge < -0.3 is 0 Å². The molecule has 0 aromatic heterocycles. The van der Waals surface area contributed by atoms with Crippen LogP contribution in [0, 0.1) is 0 Å². The van der Waals surface area contributed by atoms with Gasteiger partial charge in [0.05, 0.1) is 0 Å². The molecule has 1 aromatic rings. The first-order valence-electron chi connectivity index (χ1n) is 7.92. The van der Waals surface area contributed by atoms with Crippen molar-refractivity contribution in [2.75, 3.05) is 0 Å². The summed E-state index contributed by atoms with van der Waals surface area (Å²) in [7, 11) is 0. The minimum absolute atomic E-state index is 0.346. The fourth-order valence-electron chi connectivity index (χ4n) is 3.40. The number of rotatable bonds is 5. The highest BCUT2D eigenvalue weighted by Gasteiger charge is 2.23. The number of hydrogen-bond donors (Lipinski definition) is 0. The van der Waals surface area contributed by atoms with Crippen LogP contribution in [-0.4, -0.2) is 5.78 Å². The van der Waals surface area contributed by atoms with E-state index in [9.17, 15) is 4.79 Å². The van der Waals surface area contributed by atoms with E-state index in [0.29, 0.717) is 18.1 Å². The number of ketones is 1. The fourth-order valence-corrected chi connectivity index (χ4v) is 3.40. The number of Topliss-reactive ketones (excluding diaryl/α,β-unsaturated/α-hetero) is 1. The molecule has 1 nitrogen and oxygen atoms in total. The quantitative estimate of drug-likeness (QED) is 0.657. The highest BCUT2D eigenvalue weighted by molar-refractivity contribution is 5.98. The molecule has 1 aliphatic rings. The molecule has 1 aromatic carbocycles. The number of carbonyl (C=O) groups excluding carboxylic acids is 1. The van der Waals surface area contributed by atoms with Gasteiger partial charge in [0.2, 0.25) is 0 Å². The minimum Gasteiger partial charge on any atom is -0.294 e. The number of carbonyl (C=O) groups is 1. The van der Waals surface area contributed by atoms with Crippen molar-refractivity contribution < 1.29 is 4.79 Å². The molecule has 0 amide bonds. The van der Waals surface area contributed by atoms with Gasteiger partial charge in [0.25, 0.3) is 0 Å². The van der Waals surface area contributed by atoms with Crippen LogP contribution in [0.15, 0.2) is 18.2 Å². The molecule has 0 N–H and O–H groups in total. The van der Waals surface area contributed by atoms with Gasteiger partial charge in [-0.05, 0) is 42.7 Å². The molecular formula is C18H26O.